The Balaban J connectivity index is 2.61. The molecule has 0 amide bonds. The molecule has 0 aliphatic carbocycles. The number of ether oxygens (including phenoxy) is 1. The summed E-state index contributed by atoms with van der Waals surface area (Å²) in [6.45, 7) is -0.515. The minimum absolute atomic E-state index is 0.0775. The highest BCUT2D eigenvalue weighted by Gasteiger charge is 2.42. The van der Waals surface area contributed by atoms with E-state index in [-0.39, 0.29) is 21.7 Å². The average Bonchev–Trinajstić information content (AvgIpc) is 2.51. The first-order chi connectivity index (χ1) is 12.4. The van der Waals surface area contributed by atoms with Gasteiger partial charge in [0.05, 0.1) is 15.4 Å². The standard InChI is InChI=1S/C14H6Cl3F3N2O5/c15-7-2-1-6(9(16)3-7)5-27-13-10(21(23)24)4-8(14(18,19)20)11(17)12(13)22(25)26/h1-4H,5H2. The van der Waals surface area contributed by atoms with E-state index in [1.165, 1.54) is 18.2 Å². The van der Waals surface area contributed by atoms with E-state index < -0.39 is 50.3 Å². The van der Waals surface area contributed by atoms with Crippen LogP contribution in [-0.2, 0) is 12.8 Å². The molecule has 2 rings (SSSR count). The van der Waals surface area contributed by atoms with Crippen LogP contribution in [0.25, 0.3) is 0 Å². The van der Waals surface area contributed by atoms with E-state index in [9.17, 15) is 33.4 Å². The Hall–Kier alpha value is -2.30. The summed E-state index contributed by atoms with van der Waals surface area (Å²) in [5, 5.41) is 21.4. The number of hydrogen-bond donors (Lipinski definition) is 0. The molecule has 0 unspecified atom stereocenters. The lowest BCUT2D eigenvalue weighted by Crippen LogP contribution is -2.11. The SMILES string of the molecule is O=[N+]([O-])c1cc(C(F)(F)F)c(Cl)c([N+](=O)[O-])c1OCc1ccc(Cl)cc1Cl. The van der Waals surface area contributed by atoms with Gasteiger partial charge in [0.2, 0.25) is 0 Å². The first-order valence-corrected chi connectivity index (χ1v) is 7.86. The number of hydrogen-bond acceptors (Lipinski definition) is 5. The Labute approximate surface area is 163 Å². The van der Waals surface area contributed by atoms with E-state index in [1.54, 1.807) is 0 Å². The number of nitrogens with zero attached hydrogens (tertiary/aromatic N) is 2. The molecular formula is C14H6Cl3F3N2O5. The lowest BCUT2D eigenvalue weighted by molar-refractivity contribution is -0.396. The van der Waals surface area contributed by atoms with E-state index in [2.05, 4.69) is 0 Å². The minimum Gasteiger partial charge on any atom is -0.477 e. The predicted octanol–water partition coefficient (Wildman–Crippen LogP) is 6.06. The van der Waals surface area contributed by atoms with Crippen LogP contribution in [0.15, 0.2) is 24.3 Å². The van der Waals surface area contributed by atoms with Crippen molar-refractivity contribution in [2.24, 2.45) is 0 Å². The maximum absolute atomic E-state index is 13.0. The normalized spacial score (nSPS) is 11.3. The molecule has 0 radical (unpaired) electrons. The molecule has 0 N–H and O–H groups in total. The molecular weight excluding hydrogens is 440 g/mol. The molecule has 0 heterocycles. The molecule has 0 spiro atoms. The lowest BCUT2D eigenvalue weighted by Gasteiger charge is -2.13. The van der Waals surface area contributed by atoms with Gasteiger partial charge in [-0.25, -0.2) is 0 Å². The third kappa shape index (κ3) is 4.52. The lowest BCUT2D eigenvalue weighted by atomic mass is 10.1. The first kappa shape index (κ1) is 21.0. The van der Waals surface area contributed by atoms with E-state index in [1.807, 2.05) is 0 Å². The van der Waals surface area contributed by atoms with Crippen LogP contribution in [0.3, 0.4) is 0 Å². The Morgan fingerprint density at radius 3 is 2.15 bits per heavy atom. The second-order valence-corrected chi connectivity index (χ2v) is 6.19. The minimum atomic E-state index is -5.15. The van der Waals surface area contributed by atoms with Crippen molar-refractivity contribution in [1.82, 2.24) is 0 Å². The highest BCUT2D eigenvalue weighted by molar-refractivity contribution is 6.35. The number of alkyl halides is 3. The van der Waals surface area contributed by atoms with Crippen molar-refractivity contribution in [2.45, 2.75) is 12.8 Å². The number of rotatable bonds is 5. The van der Waals surface area contributed by atoms with Crippen LogP contribution < -0.4 is 4.74 Å². The summed E-state index contributed by atoms with van der Waals surface area (Å²) >= 11 is 17.1. The molecule has 2 aromatic carbocycles. The molecule has 144 valence electrons. The molecule has 0 saturated heterocycles. The zero-order valence-electron chi connectivity index (χ0n) is 12.7. The maximum Gasteiger partial charge on any atom is 0.418 e. The zero-order chi connectivity index (χ0) is 20.5. The van der Waals surface area contributed by atoms with Gasteiger partial charge >= 0.3 is 17.6 Å². The fourth-order valence-corrected chi connectivity index (χ4v) is 2.83. The van der Waals surface area contributed by atoms with E-state index in [0.29, 0.717) is 0 Å². The molecule has 13 heteroatoms. The van der Waals surface area contributed by atoms with Crippen molar-refractivity contribution >= 4 is 46.2 Å². The van der Waals surface area contributed by atoms with Gasteiger partial charge in [-0.1, -0.05) is 40.9 Å². The molecule has 0 fully saturated rings. The Kier molecular flexibility index (Phi) is 6.03. The van der Waals surface area contributed by atoms with Crippen molar-refractivity contribution in [3.05, 3.63) is 70.7 Å². The summed E-state index contributed by atoms with van der Waals surface area (Å²) in [5.74, 6) is -1.02. The number of benzene rings is 2. The highest BCUT2D eigenvalue weighted by atomic mass is 35.5. The Morgan fingerprint density at radius 2 is 1.67 bits per heavy atom. The van der Waals surface area contributed by atoms with Crippen LogP contribution in [0.4, 0.5) is 24.5 Å². The molecule has 0 aromatic heterocycles. The molecule has 0 bridgehead atoms. The third-order valence-electron chi connectivity index (χ3n) is 3.24. The van der Waals surface area contributed by atoms with Gasteiger partial charge in [0.1, 0.15) is 11.6 Å². The topological polar surface area (TPSA) is 95.5 Å². The molecule has 0 aliphatic rings. The van der Waals surface area contributed by atoms with Crippen molar-refractivity contribution in [2.75, 3.05) is 0 Å². The maximum atomic E-state index is 13.0. The summed E-state index contributed by atoms with van der Waals surface area (Å²) in [4.78, 5) is 19.9. The third-order valence-corrected chi connectivity index (χ3v) is 4.21. The second kappa shape index (κ2) is 7.75. The fourth-order valence-electron chi connectivity index (χ4n) is 2.05. The molecule has 7 nitrogen and oxygen atoms in total. The predicted molar refractivity (Wildman–Crippen MR) is 90.6 cm³/mol. The van der Waals surface area contributed by atoms with Gasteiger partial charge in [-0.05, 0) is 12.1 Å². The monoisotopic (exact) mass is 444 g/mol. The molecule has 0 atom stereocenters. The summed E-state index contributed by atoms with van der Waals surface area (Å²) in [6.07, 6.45) is -5.15. The van der Waals surface area contributed by atoms with Gasteiger partial charge in [0, 0.05) is 21.7 Å². The van der Waals surface area contributed by atoms with Crippen LogP contribution in [0, 0.1) is 20.2 Å². The highest BCUT2D eigenvalue weighted by Crippen LogP contribution is 2.49. The quantitative estimate of drug-likeness (QED) is 0.412. The summed E-state index contributed by atoms with van der Waals surface area (Å²) in [7, 11) is 0. The van der Waals surface area contributed by atoms with Crippen molar-refractivity contribution in [1.29, 1.82) is 0 Å². The van der Waals surface area contributed by atoms with Gasteiger partial charge in [0.25, 0.3) is 5.75 Å². The molecule has 27 heavy (non-hydrogen) atoms. The summed E-state index contributed by atoms with van der Waals surface area (Å²) in [6, 6.07) is 4.20. The number of nitro groups is 2. The largest absolute Gasteiger partial charge is 0.477 e. The summed E-state index contributed by atoms with van der Waals surface area (Å²) in [5.41, 5.74) is -4.12. The van der Waals surface area contributed by atoms with Crippen LogP contribution in [0.5, 0.6) is 5.75 Å². The number of halogens is 6. The van der Waals surface area contributed by atoms with Gasteiger partial charge in [-0.2, -0.15) is 13.2 Å². The average molecular weight is 446 g/mol. The van der Waals surface area contributed by atoms with Crippen LogP contribution in [-0.4, -0.2) is 9.85 Å². The Bertz CT molecular complexity index is 937. The van der Waals surface area contributed by atoms with Gasteiger partial charge < -0.3 is 4.74 Å². The molecule has 0 saturated carbocycles. The molecule has 0 aliphatic heterocycles. The smallest absolute Gasteiger partial charge is 0.418 e. The van der Waals surface area contributed by atoms with Crippen molar-refractivity contribution in [3.8, 4) is 5.75 Å². The van der Waals surface area contributed by atoms with Crippen molar-refractivity contribution < 1.29 is 27.8 Å². The molecule has 2 aromatic rings. The van der Waals surface area contributed by atoms with E-state index in [0.717, 1.165) is 0 Å². The first-order valence-electron chi connectivity index (χ1n) is 6.72. The van der Waals surface area contributed by atoms with E-state index in [4.69, 9.17) is 39.5 Å². The van der Waals surface area contributed by atoms with Gasteiger partial charge in [-0.15, -0.1) is 0 Å². The van der Waals surface area contributed by atoms with Crippen molar-refractivity contribution in [3.63, 3.8) is 0 Å². The summed E-state index contributed by atoms with van der Waals surface area (Å²) < 4.78 is 44.1. The van der Waals surface area contributed by atoms with Gasteiger partial charge in [-0.3, -0.25) is 20.2 Å². The number of nitro benzene ring substituents is 2. The fraction of sp³-hybridized carbons (Fsp3) is 0.143. The van der Waals surface area contributed by atoms with Crippen LogP contribution >= 0.6 is 34.8 Å². The van der Waals surface area contributed by atoms with E-state index >= 15 is 0 Å². The van der Waals surface area contributed by atoms with Crippen LogP contribution in [0.2, 0.25) is 15.1 Å². The second-order valence-electron chi connectivity index (χ2n) is 4.97. The van der Waals surface area contributed by atoms with Crippen LogP contribution in [0.1, 0.15) is 11.1 Å². The van der Waals surface area contributed by atoms with Gasteiger partial charge in [0.15, 0.2) is 0 Å². The Morgan fingerprint density at radius 1 is 1.04 bits per heavy atom. The zero-order valence-corrected chi connectivity index (χ0v) is 15.0.